The number of hydrogen-bond acceptors (Lipinski definition) is 5. The standard InChI is InChI=1S/C14H13N5O/c20-14-11-5-1-2-6-12(11)17-13(18-14)9-15-8-10-4-3-7-16-19-10/h1-7,15H,8-9H2,(H,17,18,20). The van der Waals surface area contributed by atoms with E-state index in [1.807, 2.05) is 30.3 Å². The van der Waals surface area contributed by atoms with Crippen molar-refractivity contribution in [2.75, 3.05) is 0 Å². The number of nitrogens with zero attached hydrogens (tertiary/aromatic N) is 3. The number of fused-ring (bicyclic) bond motifs is 1. The number of para-hydroxylation sites is 1. The van der Waals surface area contributed by atoms with Crippen LogP contribution in [0.15, 0.2) is 47.4 Å². The van der Waals surface area contributed by atoms with Crippen LogP contribution >= 0.6 is 0 Å². The van der Waals surface area contributed by atoms with E-state index in [0.29, 0.717) is 29.8 Å². The van der Waals surface area contributed by atoms with Gasteiger partial charge in [0.05, 0.1) is 23.1 Å². The normalized spacial score (nSPS) is 10.8. The summed E-state index contributed by atoms with van der Waals surface area (Å²) >= 11 is 0. The van der Waals surface area contributed by atoms with Gasteiger partial charge in [0.2, 0.25) is 0 Å². The molecule has 0 fully saturated rings. The number of H-pyrrole nitrogens is 1. The van der Waals surface area contributed by atoms with Crippen LogP contribution in [-0.4, -0.2) is 20.2 Å². The predicted octanol–water partition coefficient (Wildman–Crippen LogP) is 1.00. The minimum absolute atomic E-state index is 0.119. The van der Waals surface area contributed by atoms with Crippen molar-refractivity contribution < 1.29 is 0 Å². The summed E-state index contributed by atoms with van der Waals surface area (Å²) in [5.74, 6) is 0.609. The summed E-state index contributed by atoms with van der Waals surface area (Å²) in [6.45, 7) is 1.04. The molecule has 0 amide bonds. The van der Waals surface area contributed by atoms with Gasteiger partial charge < -0.3 is 10.3 Å². The number of nitrogens with one attached hydrogen (secondary N) is 2. The van der Waals surface area contributed by atoms with Gasteiger partial charge in [-0.3, -0.25) is 4.79 Å². The molecule has 0 unspecified atom stereocenters. The number of hydrogen-bond donors (Lipinski definition) is 2. The van der Waals surface area contributed by atoms with Gasteiger partial charge in [0, 0.05) is 12.7 Å². The van der Waals surface area contributed by atoms with Gasteiger partial charge in [-0.1, -0.05) is 12.1 Å². The van der Waals surface area contributed by atoms with Gasteiger partial charge in [-0.25, -0.2) is 4.98 Å². The molecule has 6 heteroatoms. The lowest BCUT2D eigenvalue weighted by atomic mass is 10.2. The van der Waals surface area contributed by atoms with Gasteiger partial charge in [0.15, 0.2) is 0 Å². The second-order valence-electron chi connectivity index (χ2n) is 4.35. The molecule has 2 heterocycles. The molecule has 1 aromatic carbocycles. The van der Waals surface area contributed by atoms with Crippen LogP contribution in [0.5, 0.6) is 0 Å². The van der Waals surface area contributed by atoms with Gasteiger partial charge in [-0.05, 0) is 24.3 Å². The van der Waals surface area contributed by atoms with E-state index in [1.165, 1.54) is 0 Å². The van der Waals surface area contributed by atoms with Crippen molar-refractivity contribution in [3.05, 3.63) is 64.5 Å². The van der Waals surface area contributed by atoms with E-state index in [2.05, 4.69) is 25.5 Å². The Morgan fingerprint density at radius 1 is 1.10 bits per heavy atom. The van der Waals surface area contributed by atoms with Crippen LogP contribution in [0.4, 0.5) is 0 Å². The molecule has 0 aliphatic carbocycles. The lowest BCUT2D eigenvalue weighted by Crippen LogP contribution is -2.19. The van der Waals surface area contributed by atoms with Crippen molar-refractivity contribution in [3.8, 4) is 0 Å². The Bertz CT molecular complexity index is 769. The molecule has 20 heavy (non-hydrogen) atoms. The van der Waals surface area contributed by atoms with E-state index in [-0.39, 0.29) is 5.56 Å². The Hall–Kier alpha value is -2.60. The number of aromatic amines is 1. The zero-order valence-corrected chi connectivity index (χ0v) is 10.7. The SMILES string of the molecule is O=c1[nH]c(CNCc2cccnn2)nc2ccccc12. The Kier molecular flexibility index (Phi) is 3.47. The maximum Gasteiger partial charge on any atom is 0.258 e. The average molecular weight is 267 g/mol. The summed E-state index contributed by atoms with van der Waals surface area (Å²) in [5.41, 5.74) is 1.43. The smallest absolute Gasteiger partial charge is 0.258 e. The van der Waals surface area contributed by atoms with Gasteiger partial charge in [0.25, 0.3) is 5.56 Å². The first-order valence-electron chi connectivity index (χ1n) is 6.28. The molecular weight excluding hydrogens is 254 g/mol. The van der Waals surface area contributed by atoms with Crippen LogP contribution in [0.3, 0.4) is 0 Å². The summed E-state index contributed by atoms with van der Waals surface area (Å²) in [7, 11) is 0. The summed E-state index contributed by atoms with van der Waals surface area (Å²) in [6.07, 6.45) is 1.63. The molecule has 3 rings (SSSR count). The van der Waals surface area contributed by atoms with E-state index in [0.717, 1.165) is 5.69 Å². The molecule has 0 radical (unpaired) electrons. The largest absolute Gasteiger partial charge is 0.309 e. The fourth-order valence-electron chi connectivity index (χ4n) is 1.96. The highest BCUT2D eigenvalue weighted by atomic mass is 16.1. The maximum absolute atomic E-state index is 11.9. The van der Waals surface area contributed by atoms with Crippen molar-refractivity contribution in [3.63, 3.8) is 0 Å². The van der Waals surface area contributed by atoms with Crippen LogP contribution in [-0.2, 0) is 13.1 Å². The van der Waals surface area contributed by atoms with Crippen LogP contribution in [0.25, 0.3) is 10.9 Å². The Morgan fingerprint density at radius 2 is 2.00 bits per heavy atom. The van der Waals surface area contributed by atoms with Crippen LogP contribution in [0.1, 0.15) is 11.5 Å². The predicted molar refractivity (Wildman–Crippen MR) is 74.9 cm³/mol. The van der Waals surface area contributed by atoms with Crippen LogP contribution in [0, 0.1) is 0 Å². The molecule has 0 spiro atoms. The summed E-state index contributed by atoms with van der Waals surface area (Å²) in [6, 6.07) is 11.0. The topological polar surface area (TPSA) is 83.6 Å². The zero-order valence-electron chi connectivity index (χ0n) is 10.7. The van der Waals surface area contributed by atoms with Crippen LogP contribution in [0.2, 0.25) is 0 Å². The van der Waals surface area contributed by atoms with E-state index in [4.69, 9.17) is 0 Å². The highest BCUT2D eigenvalue weighted by molar-refractivity contribution is 5.77. The number of aromatic nitrogens is 4. The zero-order chi connectivity index (χ0) is 13.8. The quantitative estimate of drug-likeness (QED) is 0.737. The second kappa shape index (κ2) is 5.58. The Balaban J connectivity index is 1.73. The van der Waals surface area contributed by atoms with E-state index < -0.39 is 0 Å². The minimum Gasteiger partial charge on any atom is -0.309 e. The van der Waals surface area contributed by atoms with Crippen LogP contribution < -0.4 is 10.9 Å². The van der Waals surface area contributed by atoms with E-state index in [1.54, 1.807) is 12.3 Å². The lowest BCUT2D eigenvalue weighted by molar-refractivity contribution is 0.645. The monoisotopic (exact) mass is 267 g/mol. The fourth-order valence-corrected chi connectivity index (χ4v) is 1.96. The molecule has 2 aromatic heterocycles. The molecular formula is C14H13N5O. The van der Waals surface area contributed by atoms with Crippen molar-refractivity contribution in [2.45, 2.75) is 13.1 Å². The summed E-state index contributed by atoms with van der Waals surface area (Å²) in [4.78, 5) is 19.1. The van der Waals surface area contributed by atoms with Gasteiger partial charge in [0.1, 0.15) is 5.82 Å². The highest BCUT2D eigenvalue weighted by Gasteiger charge is 2.03. The highest BCUT2D eigenvalue weighted by Crippen LogP contribution is 2.05. The van der Waals surface area contributed by atoms with Crippen molar-refractivity contribution >= 4 is 10.9 Å². The minimum atomic E-state index is -0.119. The molecule has 0 saturated carbocycles. The van der Waals surface area contributed by atoms with E-state index >= 15 is 0 Å². The van der Waals surface area contributed by atoms with Crippen molar-refractivity contribution in [1.82, 2.24) is 25.5 Å². The maximum atomic E-state index is 11.9. The summed E-state index contributed by atoms with van der Waals surface area (Å²) in [5, 5.41) is 11.6. The van der Waals surface area contributed by atoms with Gasteiger partial charge in [-0.2, -0.15) is 10.2 Å². The molecule has 0 aliphatic rings. The third-order valence-electron chi connectivity index (χ3n) is 2.89. The fraction of sp³-hybridized carbons (Fsp3) is 0.143. The third-order valence-corrected chi connectivity index (χ3v) is 2.89. The first-order valence-corrected chi connectivity index (χ1v) is 6.28. The molecule has 6 nitrogen and oxygen atoms in total. The first kappa shape index (κ1) is 12.4. The van der Waals surface area contributed by atoms with Gasteiger partial charge >= 0.3 is 0 Å². The molecule has 0 aliphatic heterocycles. The summed E-state index contributed by atoms with van der Waals surface area (Å²) < 4.78 is 0. The van der Waals surface area contributed by atoms with E-state index in [9.17, 15) is 4.79 Å². The second-order valence-corrected chi connectivity index (χ2v) is 4.35. The third kappa shape index (κ3) is 2.70. The Morgan fingerprint density at radius 3 is 2.85 bits per heavy atom. The molecule has 100 valence electrons. The number of rotatable bonds is 4. The first-order chi connectivity index (χ1) is 9.83. The molecule has 2 N–H and O–H groups in total. The van der Waals surface area contributed by atoms with Crippen molar-refractivity contribution in [1.29, 1.82) is 0 Å². The average Bonchev–Trinajstić information content (AvgIpc) is 2.48. The molecule has 0 bridgehead atoms. The number of benzene rings is 1. The lowest BCUT2D eigenvalue weighted by Gasteiger charge is -2.04. The molecule has 0 atom stereocenters. The molecule has 0 saturated heterocycles. The molecule has 3 aromatic rings. The van der Waals surface area contributed by atoms with Crippen molar-refractivity contribution in [2.24, 2.45) is 0 Å². The van der Waals surface area contributed by atoms with Gasteiger partial charge in [-0.15, -0.1) is 0 Å². The Labute approximate surface area is 114 Å².